The molecule has 6 heteroatoms. The minimum Gasteiger partial charge on any atom is -0.508 e. The standard InChI is InChI=1S/C19H18F4O2/c20-9-17(10-21)18(11-22,12-23)19(17,13-1-5-15(24)6-2-13)14-3-7-16(25)8-4-14/h1-8,24-25H,9-12H2. The Morgan fingerprint density at radius 2 is 0.840 bits per heavy atom. The number of phenolic OH excluding ortho intramolecular Hbond substituents is 2. The Labute approximate surface area is 142 Å². The molecule has 25 heavy (non-hydrogen) atoms. The average molecular weight is 354 g/mol. The first kappa shape index (κ1) is 17.6. The summed E-state index contributed by atoms with van der Waals surface area (Å²) in [6.45, 7) is -4.95. The highest BCUT2D eigenvalue weighted by atomic mass is 19.1. The number of phenols is 2. The molecule has 0 heterocycles. The summed E-state index contributed by atoms with van der Waals surface area (Å²) in [5.74, 6) is -0.134. The van der Waals surface area contributed by atoms with Crippen LogP contribution >= 0.6 is 0 Å². The van der Waals surface area contributed by atoms with Gasteiger partial charge in [-0.2, -0.15) is 0 Å². The van der Waals surface area contributed by atoms with Crippen molar-refractivity contribution in [1.82, 2.24) is 0 Å². The second-order valence-corrected chi connectivity index (χ2v) is 6.54. The molecular formula is C19H18F4O2. The largest absolute Gasteiger partial charge is 0.508 e. The van der Waals surface area contributed by atoms with Crippen molar-refractivity contribution in [3.05, 3.63) is 59.7 Å². The maximum atomic E-state index is 14.1. The molecule has 2 nitrogen and oxygen atoms in total. The molecule has 0 spiro atoms. The summed E-state index contributed by atoms with van der Waals surface area (Å²) < 4.78 is 56.2. The lowest BCUT2D eigenvalue weighted by Crippen LogP contribution is -2.24. The SMILES string of the molecule is Oc1ccc(C2(c3ccc(O)cc3)C(CF)(CF)C2(CF)CF)cc1. The molecule has 1 saturated carbocycles. The fourth-order valence-electron chi connectivity index (χ4n) is 4.52. The van der Waals surface area contributed by atoms with Crippen LogP contribution in [-0.4, -0.2) is 36.9 Å². The van der Waals surface area contributed by atoms with Crippen molar-refractivity contribution < 1.29 is 27.8 Å². The van der Waals surface area contributed by atoms with Crippen LogP contribution in [0.4, 0.5) is 17.6 Å². The Kier molecular flexibility index (Phi) is 4.17. The van der Waals surface area contributed by atoms with E-state index >= 15 is 0 Å². The molecule has 0 saturated heterocycles. The Hall–Kier alpha value is -2.24. The first-order valence-corrected chi connectivity index (χ1v) is 7.82. The Morgan fingerprint density at radius 3 is 1.08 bits per heavy atom. The molecule has 0 aliphatic heterocycles. The van der Waals surface area contributed by atoms with Gasteiger partial charge >= 0.3 is 0 Å². The van der Waals surface area contributed by atoms with Crippen molar-refractivity contribution >= 4 is 0 Å². The third kappa shape index (κ3) is 1.91. The predicted octanol–water partition coefficient (Wildman–Crippen LogP) is 4.25. The molecule has 0 amide bonds. The van der Waals surface area contributed by atoms with Gasteiger partial charge in [-0.1, -0.05) is 24.3 Å². The quantitative estimate of drug-likeness (QED) is 0.762. The van der Waals surface area contributed by atoms with Crippen molar-refractivity contribution in [2.24, 2.45) is 10.8 Å². The van der Waals surface area contributed by atoms with Gasteiger partial charge in [-0.15, -0.1) is 0 Å². The fourth-order valence-corrected chi connectivity index (χ4v) is 4.52. The van der Waals surface area contributed by atoms with Gasteiger partial charge < -0.3 is 10.2 Å². The van der Waals surface area contributed by atoms with Crippen LogP contribution in [0.3, 0.4) is 0 Å². The molecule has 0 radical (unpaired) electrons. The Morgan fingerprint density at radius 1 is 0.560 bits per heavy atom. The number of aromatic hydroxyl groups is 2. The number of rotatable bonds is 6. The van der Waals surface area contributed by atoms with E-state index in [9.17, 15) is 27.8 Å². The molecule has 0 unspecified atom stereocenters. The lowest BCUT2D eigenvalue weighted by molar-refractivity contribution is 0.151. The van der Waals surface area contributed by atoms with Gasteiger partial charge in [0.25, 0.3) is 0 Å². The predicted molar refractivity (Wildman–Crippen MR) is 85.8 cm³/mol. The van der Waals surface area contributed by atoms with Gasteiger partial charge in [0, 0.05) is 5.41 Å². The van der Waals surface area contributed by atoms with E-state index in [1.165, 1.54) is 48.5 Å². The van der Waals surface area contributed by atoms with Crippen LogP contribution in [0.5, 0.6) is 11.5 Å². The third-order valence-electron chi connectivity index (χ3n) is 5.80. The minimum atomic E-state index is -1.89. The first-order chi connectivity index (χ1) is 12.0. The van der Waals surface area contributed by atoms with Gasteiger partial charge in [-0.05, 0) is 35.4 Å². The molecule has 1 aliphatic carbocycles. The van der Waals surface area contributed by atoms with Crippen molar-refractivity contribution in [3.63, 3.8) is 0 Å². The summed E-state index contributed by atoms with van der Waals surface area (Å²) in [5, 5.41) is 19.0. The second kappa shape index (κ2) is 5.93. The van der Waals surface area contributed by atoms with Gasteiger partial charge in [0.1, 0.15) is 11.5 Å². The smallest absolute Gasteiger partial charge is 0.115 e. The zero-order chi connectivity index (χ0) is 18.3. The summed E-state index contributed by atoms with van der Waals surface area (Å²) in [6, 6.07) is 11.0. The van der Waals surface area contributed by atoms with Crippen molar-refractivity contribution in [2.45, 2.75) is 5.41 Å². The summed E-state index contributed by atoms with van der Waals surface area (Å²) in [4.78, 5) is 0. The molecule has 0 atom stereocenters. The van der Waals surface area contributed by atoms with E-state index in [4.69, 9.17) is 0 Å². The molecule has 134 valence electrons. The molecule has 2 aromatic rings. The van der Waals surface area contributed by atoms with E-state index in [0.29, 0.717) is 11.1 Å². The van der Waals surface area contributed by atoms with Crippen LogP contribution in [0.25, 0.3) is 0 Å². The summed E-state index contributed by atoms with van der Waals surface area (Å²) in [6.07, 6.45) is 0. The molecule has 1 fully saturated rings. The highest BCUT2D eigenvalue weighted by Gasteiger charge is 2.88. The van der Waals surface area contributed by atoms with Gasteiger partial charge in [0.2, 0.25) is 0 Å². The van der Waals surface area contributed by atoms with Crippen LogP contribution in [0.2, 0.25) is 0 Å². The second-order valence-electron chi connectivity index (χ2n) is 6.54. The van der Waals surface area contributed by atoms with Gasteiger partial charge in [0.05, 0.1) is 37.5 Å². The topological polar surface area (TPSA) is 40.5 Å². The molecule has 2 aromatic carbocycles. The van der Waals surface area contributed by atoms with E-state index in [1.54, 1.807) is 0 Å². The number of halogens is 4. The Balaban J connectivity index is 2.34. The number of alkyl halides is 4. The van der Waals surface area contributed by atoms with E-state index < -0.39 is 42.9 Å². The van der Waals surface area contributed by atoms with Crippen molar-refractivity contribution in [2.75, 3.05) is 26.7 Å². The zero-order valence-electron chi connectivity index (χ0n) is 13.4. The fraction of sp³-hybridized carbons (Fsp3) is 0.368. The molecule has 0 bridgehead atoms. The molecule has 3 rings (SSSR count). The lowest BCUT2D eigenvalue weighted by Gasteiger charge is -2.24. The number of benzene rings is 2. The monoisotopic (exact) mass is 354 g/mol. The zero-order valence-corrected chi connectivity index (χ0v) is 13.4. The average Bonchev–Trinajstić information content (AvgIpc) is 3.20. The highest BCUT2D eigenvalue weighted by molar-refractivity contribution is 5.59. The van der Waals surface area contributed by atoms with E-state index in [1.807, 2.05) is 0 Å². The van der Waals surface area contributed by atoms with E-state index in [2.05, 4.69) is 0 Å². The van der Waals surface area contributed by atoms with Crippen LogP contribution in [0.15, 0.2) is 48.5 Å². The van der Waals surface area contributed by atoms with Crippen LogP contribution in [0.1, 0.15) is 11.1 Å². The van der Waals surface area contributed by atoms with Crippen LogP contribution < -0.4 is 0 Å². The van der Waals surface area contributed by atoms with Crippen LogP contribution in [-0.2, 0) is 5.41 Å². The number of hydrogen-bond acceptors (Lipinski definition) is 2. The normalized spacial score (nSPS) is 19.5. The van der Waals surface area contributed by atoms with Gasteiger partial charge in [-0.3, -0.25) is 17.6 Å². The Bertz CT molecular complexity index is 670. The molecular weight excluding hydrogens is 336 g/mol. The first-order valence-electron chi connectivity index (χ1n) is 7.82. The van der Waals surface area contributed by atoms with Gasteiger partial charge in [-0.25, -0.2) is 0 Å². The van der Waals surface area contributed by atoms with Crippen molar-refractivity contribution in [1.29, 1.82) is 0 Å². The summed E-state index contributed by atoms with van der Waals surface area (Å²) >= 11 is 0. The number of hydrogen-bond donors (Lipinski definition) is 2. The maximum Gasteiger partial charge on any atom is 0.115 e. The maximum absolute atomic E-state index is 14.1. The lowest BCUT2D eigenvalue weighted by atomic mass is 9.79. The minimum absolute atomic E-state index is 0.0672. The summed E-state index contributed by atoms with van der Waals surface area (Å²) in [7, 11) is 0. The molecule has 2 N–H and O–H groups in total. The van der Waals surface area contributed by atoms with Crippen LogP contribution in [0, 0.1) is 10.8 Å². The molecule has 1 aliphatic rings. The molecule has 0 aromatic heterocycles. The van der Waals surface area contributed by atoms with Gasteiger partial charge in [0.15, 0.2) is 0 Å². The van der Waals surface area contributed by atoms with Crippen molar-refractivity contribution in [3.8, 4) is 11.5 Å². The van der Waals surface area contributed by atoms with E-state index in [0.717, 1.165) is 0 Å². The summed E-state index contributed by atoms with van der Waals surface area (Å²) in [5.41, 5.74) is -4.72. The third-order valence-corrected chi connectivity index (χ3v) is 5.80. The van der Waals surface area contributed by atoms with E-state index in [-0.39, 0.29) is 11.5 Å². The highest BCUT2D eigenvalue weighted by Crippen LogP contribution is 2.81.